The van der Waals surface area contributed by atoms with Gasteiger partial charge >= 0.3 is 0 Å². The van der Waals surface area contributed by atoms with E-state index >= 15 is 0 Å². The van der Waals surface area contributed by atoms with Gasteiger partial charge in [-0.25, -0.2) is 0 Å². The van der Waals surface area contributed by atoms with Gasteiger partial charge in [0.05, 0.1) is 43.2 Å². The van der Waals surface area contributed by atoms with Gasteiger partial charge in [-0.15, -0.1) is 0 Å². The van der Waals surface area contributed by atoms with Crippen LogP contribution in [0.3, 0.4) is 0 Å². The van der Waals surface area contributed by atoms with Crippen molar-refractivity contribution in [2.75, 3.05) is 37.9 Å². The molecule has 1 amide bonds. The highest BCUT2D eigenvalue weighted by Crippen LogP contribution is 2.38. The summed E-state index contributed by atoms with van der Waals surface area (Å²) in [6.07, 6.45) is 1.74. The van der Waals surface area contributed by atoms with Crippen molar-refractivity contribution in [3.8, 4) is 11.5 Å². The second-order valence-electron chi connectivity index (χ2n) is 9.38. The third kappa shape index (κ3) is 4.11. The Balaban J connectivity index is 1.71. The summed E-state index contributed by atoms with van der Waals surface area (Å²) in [6.45, 7) is 7.43. The standard InChI is InChI=1S/C25H32N4O3/c1-24(2,3)28-23-25(27-19-12-7-6-11-18(19)26-23)14-9-15-29(16-25)22(30)17-10-8-13-20(31-4)21(17)32-5/h6-8,10-13,27H,9,14-16H2,1-5H3,(H,26,28). The number of carbonyl (C=O) groups excluding carboxylic acids is 1. The van der Waals surface area contributed by atoms with Crippen molar-refractivity contribution in [2.45, 2.75) is 44.7 Å². The Bertz CT molecular complexity index is 1040. The van der Waals surface area contributed by atoms with Crippen molar-refractivity contribution >= 4 is 23.1 Å². The quantitative estimate of drug-likeness (QED) is 0.745. The lowest BCUT2D eigenvalue weighted by Gasteiger charge is -2.48. The van der Waals surface area contributed by atoms with Gasteiger partial charge in [-0.3, -0.25) is 9.79 Å². The van der Waals surface area contributed by atoms with E-state index in [1.165, 1.54) is 0 Å². The summed E-state index contributed by atoms with van der Waals surface area (Å²) < 4.78 is 10.9. The fourth-order valence-corrected chi connectivity index (χ4v) is 4.49. The number of rotatable bonds is 3. The Labute approximate surface area is 189 Å². The van der Waals surface area contributed by atoms with E-state index < -0.39 is 5.54 Å². The van der Waals surface area contributed by atoms with Crippen LogP contribution >= 0.6 is 0 Å². The third-order valence-electron chi connectivity index (χ3n) is 5.87. The lowest BCUT2D eigenvalue weighted by molar-refractivity contribution is 0.0690. The first-order valence-electron chi connectivity index (χ1n) is 11.0. The van der Waals surface area contributed by atoms with Crippen molar-refractivity contribution < 1.29 is 14.3 Å². The molecule has 0 aromatic heterocycles. The number of amides is 1. The van der Waals surface area contributed by atoms with Crippen LogP contribution in [-0.2, 0) is 0 Å². The average molecular weight is 437 g/mol. The summed E-state index contributed by atoms with van der Waals surface area (Å²) in [5, 5.41) is 7.29. The molecular weight excluding hydrogens is 404 g/mol. The van der Waals surface area contributed by atoms with Crippen LogP contribution in [0.15, 0.2) is 47.5 Å². The van der Waals surface area contributed by atoms with E-state index in [1.807, 2.05) is 29.2 Å². The Morgan fingerprint density at radius 2 is 1.81 bits per heavy atom. The number of aliphatic imine (C=N–C) groups is 1. The molecule has 0 saturated carbocycles. The van der Waals surface area contributed by atoms with Crippen molar-refractivity contribution in [3.05, 3.63) is 48.0 Å². The molecule has 7 nitrogen and oxygen atoms in total. The highest BCUT2D eigenvalue weighted by Gasteiger charge is 2.45. The van der Waals surface area contributed by atoms with Gasteiger partial charge < -0.3 is 25.0 Å². The fourth-order valence-electron chi connectivity index (χ4n) is 4.49. The molecule has 2 heterocycles. The molecule has 0 radical (unpaired) electrons. The zero-order valence-corrected chi connectivity index (χ0v) is 19.5. The number of methoxy groups -OCH3 is 2. The SMILES string of the molecule is COc1cccc(C(=O)N2CCCC3(C2)Nc2ccccc2NC3=NC(C)(C)C)c1OC. The summed E-state index contributed by atoms with van der Waals surface area (Å²) in [5.74, 6) is 1.81. The normalized spacial score (nSPS) is 21.5. The maximum absolute atomic E-state index is 13.6. The second kappa shape index (κ2) is 8.37. The highest BCUT2D eigenvalue weighted by molar-refractivity contribution is 6.10. The molecule has 1 unspecified atom stereocenters. The summed E-state index contributed by atoms with van der Waals surface area (Å²) in [4.78, 5) is 20.5. The first-order valence-corrected chi connectivity index (χ1v) is 11.0. The molecule has 0 bridgehead atoms. The van der Waals surface area contributed by atoms with E-state index in [2.05, 4.69) is 37.5 Å². The third-order valence-corrected chi connectivity index (χ3v) is 5.87. The van der Waals surface area contributed by atoms with E-state index in [-0.39, 0.29) is 11.4 Å². The molecule has 1 spiro atoms. The van der Waals surface area contributed by atoms with Crippen LogP contribution in [0.1, 0.15) is 44.0 Å². The van der Waals surface area contributed by atoms with Gasteiger partial charge in [-0.1, -0.05) is 18.2 Å². The number of anilines is 2. The first-order chi connectivity index (χ1) is 15.3. The number of para-hydroxylation sites is 3. The number of ether oxygens (including phenoxy) is 2. The first kappa shape index (κ1) is 22.0. The van der Waals surface area contributed by atoms with Crippen LogP contribution in [0.4, 0.5) is 11.4 Å². The highest BCUT2D eigenvalue weighted by atomic mass is 16.5. The summed E-state index contributed by atoms with van der Waals surface area (Å²) in [6, 6.07) is 13.5. The van der Waals surface area contributed by atoms with Crippen LogP contribution in [0.5, 0.6) is 11.5 Å². The molecule has 2 N–H and O–H groups in total. The van der Waals surface area contributed by atoms with Gasteiger partial charge in [0.25, 0.3) is 5.91 Å². The maximum Gasteiger partial charge on any atom is 0.257 e. The monoisotopic (exact) mass is 436 g/mol. The molecule has 2 aliphatic heterocycles. The number of piperidine rings is 1. The molecule has 1 atom stereocenters. The summed E-state index contributed by atoms with van der Waals surface area (Å²) in [5.41, 5.74) is 1.78. The smallest absolute Gasteiger partial charge is 0.257 e. The lowest BCUT2D eigenvalue weighted by Crippen LogP contribution is -2.63. The van der Waals surface area contributed by atoms with Crippen LogP contribution in [0.2, 0.25) is 0 Å². The van der Waals surface area contributed by atoms with Crippen molar-refractivity contribution in [2.24, 2.45) is 4.99 Å². The lowest BCUT2D eigenvalue weighted by atomic mass is 9.84. The number of fused-ring (bicyclic) bond motifs is 1. The van der Waals surface area contributed by atoms with Gasteiger partial charge in [0.2, 0.25) is 0 Å². The molecule has 1 saturated heterocycles. The number of hydrogen-bond donors (Lipinski definition) is 2. The number of nitrogens with zero attached hydrogens (tertiary/aromatic N) is 2. The predicted molar refractivity (Wildman–Crippen MR) is 128 cm³/mol. The zero-order valence-electron chi connectivity index (χ0n) is 19.5. The van der Waals surface area contributed by atoms with Gasteiger partial charge in [-0.05, 0) is 57.9 Å². The largest absolute Gasteiger partial charge is 0.493 e. The summed E-state index contributed by atoms with van der Waals surface area (Å²) in [7, 11) is 3.14. The fraction of sp³-hybridized carbons (Fsp3) is 0.440. The second-order valence-corrected chi connectivity index (χ2v) is 9.38. The van der Waals surface area contributed by atoms with Crippen molar-refractivity contribution in [3.63, 3.8) is 0 Å². The maximum atomic E-state index is 13.6. The molecule has 4 rings (SSSR count). The number of likely N-dealkylation sites (tertiary alicyclic amines) is 1. The molecule has 2 aliphatic rings. The molecule has 2 aromatic rings. The Morgan fingerprint density at radius 3 is 2.50 bits per heavy atom. The van der Waals surface area contributed by atoms with Gasteiger partial charge in [0.15, 0.2) is 11.5 Å². The van der Waals surface area contributed by atoms with Crippen molar-refractivity contribution in [1.82, 2.24) is 4.90 Å². The Hall–Kier alpha value is -3.22. The number of hydrogen-bond acceptors (Lipinski definition) is 5. The van der Waals surface area contributed by atoms with E-state index in [0.29, 0.717) is 30.2 Å². The molecule has 32 heavy (non-hydrogen) atoms. The number of nitrogens with one attached hydrogen (secondary N) is 2. The molecular formula is C25H32N4O3. The van der Waals surface area contributed by atoms with Gasteiger partial charge in [0.1, 0.15) is 11.4 Å². The van der Waals surface area contributed by atoms with Crippen molar-refractivity contribution in [1.29, 1.82) is 0 Å². The molecule has 0 aliphatic carbocycles. The van der Waals surface area contributed by atoms with Crippen LogP contribution in [0.25, 0.3) is 0 Å². The number of benzene rings is 2. The molecule has 2 aromatic carbocycles. The van der Waals surface area contributed by atoms with Crippen LogP contribution < -0.4 is 20.1 Å². The van der Waals surface area contributed by atoms with E-state index in [4.69, 9.17) is 14.5 Å². The van der Waals surface area contributed by atoms with Gasteiger partial charge in [-0.2, -0.15) is 0 Å². The molecule has 170 valence electrons. The minimum atomic E-state index is -0.484. The van der Waals surface area contributed by atoms with E-state index in [9.17, 15) is 4.79 Å². The van der Waals surface area contributed by atoms with Gasteiger partial charge in [0, 0.05) is 6.54 Å². The van der Waals surface area contributed by atoms with Crippen LogP contribution in [0, 0.1) is 0 Å². The predicted octanol–water partition coefficient (Wildman–Crippen LogP) is 4.41. The minimum Gasteiger partial charge on any atom is -0.493 e. The average Bonchev–Trinajstić information content (AvgIpc) is 2.77. The minimum absolute atomic E-state index is 0.0735. The molecule has 7 heteroatoms. The van der Waals surface area contributed by atoms with E-state index in [1.54, 1.807) is 26.4 Å². The molecule has 1 fully saturated rings. The topological polar surface area (TPSA) is 75.2 Å². The Kier molecular flexibility index (Phi) is 5.75. The van der Waals surface area contributed by atoms with E-state index in [0.717, 1.165) is 30.1 Å². The number of carbonyl (C=O) groups is 1. The Morgan fingerprint density at radius 1 is 1.06 bits per heavy atom. The number of amidine groups is 1. The van der Waals surface area contributed by atoms with Crippen LogP contribution in [-0.4, -0.2) is 55.0 Å². The summed E-state index contributed by atoms with van der Waals surface area (Å²) >= 11 is 0. The zero-order chi connectivity index (χ0) is 22.9.